The van der Waals surface area contributed by atoms with E-state index in [1.807, 2.05) is 17.0 Å². The number of urea groups is 1. The molecule has 8 heteroatoms. The Hall–Kier alpha value is -2.61. The molecule has 2 amide bonds. The number of carbonyl (C=O) groups is 2. The molecule has 4 rings (SSSR count). The number of carboxylic acid groups (broad SMARTS) is 1. The lowest BCUT2D eigenvalue weighted by Gasteiger charge is -2.43. The van der Waals surface area contributed by atoms with E-state index in [-0.39, 0.29) is 11.6 Å². The number of anilines is 1. The van der Waals surface area contributed by atoms with Crippen LogP contribution in [0.5, 0.6) is 0 Å². The van der Waals surface area contributed by atoms with Gasteiger partial charge < -0.3 is 14.7 Å². The Morgan fingerprint density at radius 2 is 1.63 bits per heavy atom. The smallest absolute Gasteiger partial charge is 0.335 e. The Kier molecular flexibility index (Phi) is 6.22. The summed E-state index contributed by atoms with van der Waals surface area (Å²) in [5, 5.41) is 9.71. The Morgan fingerprint density at radius 1 is 1.00 bits per heavy atom. The second-order valence-corrected chi connectivity index (χ2v) is 8.00. The molecule has 2 aliphatic rings. The number of hydrogen-bond acceptors (Lipinski definition) is 4. The number of amides is 2. The number of carbonyl (C=O) groups excluding carboxylic acids is 1. The Labute approximate surface area is 180 Å². The van der Waals surface area contributed by atoms with Crippen LogP contribution in [0.4, 0.5) is 10.5 Å². The maximum atomic E-state index is 13.4. The summed E-state index contributed by atoms with van der Waals surface area (Å²) in [5.41, 5.74) is 1.83. The number of halogens is 1. The number of aromatic carboxylic acids is 1. The lowest BCUT2D eigenvalue weighted by atomic mass is 10.1. The SMILES string of the molecule is O=C(O)c1ccc(CN(C(=O)N2CCN(C3COC3)CC2)c2ccc(Cl)cc2)cc1. The van der Waals surface area contributed by atoms with Crippen LogP contribution < -0.4 is 4.90 Å². The molecule has 0 atom stereocenters. The molecule has 0 saturated carbocycles. The van der Waals surface area contributed by atoms with Gasteiger partial charge in [0.1, 0.15) is 0 Å². The Balaban J connectivity index is 1.50. The zero-order valence-electron chi connectivity index (χ0n) is 16.5. The summed E-state index contributed by atoms with van der Waals surface area (Å²) in [7, 11) is 0. The fraction of sp³-hybridized carbons (Fsp3) is 0.364. The van der Waals surface area contributed by atoms with Crippen molar-refractivity contribution in [1.29, 1.82) is 0 Å². The van der Waals surface area contributed by atoms with Crippen LogP contribution >= 0.6 is 11.6 Å². The maximum Gasteiger partial charge on any atom is 0.335 e. The summed E-state index contributed by atoms with van der Waals surface area (Å²) >= 11 is 6.03. The van der Waals surface area contributed by atoms with Crippen molar-refractivity contribution in [2.24, 2.45) is 0 Å². The van der Waals surface area contributed by atoms with Crippen molar-refractivity contribution in [3.05, 3.63) is 64.7 Å². The molecule has 0 radical (unpaired) electrons. The van der Waals surface area contributed by atoms with Gasteiger partial charge in [0.25, 0.3) is 0 Å². The van der Waals surface area contributed by atoms with Crippen molar-refractivity contribution in [1.82, 2.24) is 9.80 Å². The van der Waals surface area contributed by atoms with E-state index in [9.17, 15) is 9.59 Å². The molecular weight excluding hydrogens is 406 g/mol. The standard InChI is InChI=1S/C22H24ClN3O4/c23-18-5-7-19(8-6-18)26(13-16-1-3-17(4-2-16)21(27)28)22(29)25-11-9-24(10-12-25)20-14-30-15-20/h1-8,20H,9-15H2,(H,27,28). The van der Waals surface area contributed by atoms with E-state index < -0.39 is 5.97 Å². The van der Waals surface area contributed by atoms with Crippen molar-refractivity contribution >= 4 is 29.3 Å². The lowest BCUT2D eigenvalue weighted by molar-refractivity contribution is -0.0738. The first-order chi connectivity index (χ1) is 14.5. The first-order valence-electron chi connectivity index (χ1n) is 9.97. The zero-order valence-corrected chi connectivity index (χ0v) is 17.3. The van der Waals surface area contributed by atoms with Crippen molar-refractivity contribution < 1.29 is 19.4 Å². The van der Waals surface area contributed by atoms with Gasteiger partial charge in [0.2, 0.25) is 0 Å². The highest BCUT2D eigenvalue weighted by Gasteiger charge is 2.32. The normalized spacial score (nSPS) is 17.4. The van der Waals surface area contributed by atoms with Crippen LogP contribution in [0, 0.1) is 0 Å². The number of ether oxygens (including phenoxy) is 1. The molecule has 30 heavy (non-hydrogen) atoms. The highest BCUT2D eigenvalue weighted by Crippen LogP contribution is 2.23. The number of rotatable bonds is 5. The molecule has 0 spiro atoms. The number of piperazine rings is 1. The van der Waals surface area contributed by atoms with Crippen molar-refractivity contribution in [2.45, 2.75) is 12.6 Å². The van der Waals surface area contributed by atoms with Gasteiger partial charge in [0.05, 0.1) is 31.4 Å². The van der Waals surface area contributed by atoms with Gasteiger partial charge in [-0.25, -0.2) is 9.59 Å². The third-order valence-electron chi connectivity index (χ3n) is 5.63. The largest absolute Gasteiger partial charge is 0.478 e. The van der Waals surface area contributed by atoms with Crippen molar-refractivity contribution in [3.8, 4) is 0 Å². The monoisotopic (exact) mass is 429 g/mol. The number of nitrogens with zero attached hydrogens (tertiary/aromatic N) is 3. The third-order valence-corrected chi connectivity index (χ3v) is 5.88. The summed E-state index contributed by atoms with van der Waals surface area (Å²) in [6.45, 7) is 4.89. The summed E-state index contributed by atoms with van der Waals surface area (Å²) in [4.78, 5) is 30.5. The second-order valence-electron chi connectivity index (χ2n) is 7.56. The molecule has 2 aromatic carbocycles. The summed E-state index contributed by atoms with van der Waals surface area (Å²) in [6.07, 6.45) is 0. The summed E-state index contributed by atoms with van der Waals surface area (Å²) in [6, 6.07) is 14.2. The van der Waals surface area contributed by atoms with E-state index in [1.165, 1.54) is 0 Å². The fourth-order valence-corrected chi connectivity index (χ4v) is 3.83. The van der Waals surface area contributed by atoms with Gasteiger partial charge in [-0.3, -0.25) is 9.80 Å². The number of benzene rings is 2. The van der Waals surface area contributed by atoms with Gasteiger partial charge in [-0.2, -0.15) is 0 Å². The topological polar surface area (TPSA) is 73.3 Å². The molecule has 7 nitrogen and oxygen atoms in total. The predicted octanol–water partition coefficient (Wildman–Crippen LogP) is 3.18. The van der Waals surface area contributed by atoms with Crippen LogP contribution in [-0.2, 0) is 11.3 Å². The van der Waals surface area contributed by atoms with Crippen LogP contribution in [-0.4, -0.2) is 72.3 Å². The van der Waals surface area contributed by atoms with Gasteiger partial charge in [-0.15, -0.1) is 0 Å². The molecule has 0 bridgehead atoms. The third kappa shape index (κ3) is 4.59. The van der Waals surface area contributed by atoms with Crippen molar-refractivity contribution in [3.63, 3.8) is 0 Å². The van der Waals surface area contributed by atoms with Gasteiger partial charge >= 0.3 is 12.0 Å². The molecule has 0 aliphatic carbocycles. The summed E-state index contributed by atoms with van der Waals surface area (Å²) in [5.74, 6) is -0.970. The minimum atomic E-state index is -0.970. The van der Waals surface area contributed by atoms with E-state index in [0.29, 0.717) is 30.7 Å². The first kappa shape index (κ1) is 20.7. The highest BCUT2D eigenvalue weighted by atomic mass is 35.5. The highest BCUT2D eigenvalue weighted by molar-refractivity contribution is 6.30. The van der Waals surface area contributed by atoms with Gasteiger partial charge in [0.15, 0.2) is 0 Å². The molecule has 2 heterocycles. The molecule has 2 saturated heterocycles. The maximum absolute atomic E-state index is 13.4. The molecule has 2 aliphatic heterocycles. The fourth-order valence-electron chi connectivity index (χ4n) is 3.71. The summed E-state index contributed by atoms with van der Waals surface area (Å²) < 4.78 is 5.28. The average Bonchev–Trinajstić information content (AvgIpc) is 2.72. The Morgan fingerprint density at radius 3 is 2.17 bits per heavy atom. The van der Waals surface area contributed by atoms with Crippen molar-refractivity contribution in [2.75, 3.05) is 44.3 Å². The van der Waals surface area contributed by atoms with Crippen LogP contribution in [0.1, 0.15) is 15.9 Å². The molecule has 158 valence electrons. The molecule has 1 N–H and O–H groups in total. The van der Waals surface area contributed by atoms with Gasteiger partial charge in [-0.05, 0) is 42.0 Å². The molecule has 0 unspecified atom stereocenters. The van der Waals surface area contributed by atoms with E-state index in [2.05, 4.69) is 4.90 Å². The molecule has 2 aromatic rings. The van der Waals surface area contributed by atoms with Gasteiger partial charge in [-0.1, -0.05) is 23.7 Å². The molecule has 0 aromatic heterocycles. The van der Waals surface area contributed by atoms with E-state index in [0.717, 1.165) is 37.6 Å². The number of hydrogen-bond donors (Lipinski definition) is 1. The van der Waals surface area contributed by atoms with Gasteiger partial charge in [0, 0.05) is 36.9 Å². The second kappa shape index (κ2) is 9.04. The van der Waals surface area contributed by atoms with E-state index in [1.54, 1.807) is 41.3 Å². The van der Waals surface area contributed by atoms with E-state index in [4.69, 9.17) is 21.4 Å². The lowest BCUT2D eigenvalue weighted by Crippen LogP contribution is -2.59. The quantitative estimate of drug-likeness (QED) is 0.790. The first-order valence-corrected chi connectivity index (χ1v) is 10.3. The van der Waals surface area contributed by atoms with Crippen LogP contribution in [0.15, 0.2) is 48.5 Å². The van der Waals surface area contributed by atoms with E-state index >= 15 is 0 Å². The Bertz CT molecular complexity index is 892. The van der Waals surface area contributed by atoms with Crippen LogP contribution in [0.25, 0.3) is 0 Å². The molecular formula is C22H24ClN3O4. The molecule has 2 fully saturated rings. The van der Waals surface area contributed by atoms with Crippen LogP contribution in [0.2, 0.25) is 5.02 Å². The average molecular weight is 430 g/mol. The predicted molar refractivity (Wildman–Crippen MR) is 114 cm³/mol. The minimum absolute atomic E-state index is 0.0656. The minimum Gasteiger partial charge on any atom is -0.478 e. The zero-order chi connectivity index (χ0) is 21.1. The van der Waals surface area contributed by atoms with Crippen LogP contribution in [0.3, 0.4) is 0 Å². The number of carboxylic acids is 1.